The maximum Gasteiger partial charge on any atom is 0.264 e. The van der Waals surface area contributed by atoms with Crippen molar-refractivity contribution in [3.05, 3.63) is 121 Å². The SMILES string of the molecule is O=S(=O)(O)CCCCN(CP(c1ccccc1)c1ccccc1)CP(c1ccccc1)c1ccccc1. The molecule has 4 nitrogen and oxygen atoms in total. The summed E-state index contributed by atoms with van der Waals surface area (Å²) in [5.74, 6) is -0.195. The molecule has 192 valence electrons. The van der Waals surface area contributed by atoms with Crippen molar-refractivity contribution in [3.8, 4) is 0 Å². The monoisotopic (exact) mass is 549 g/mol. The van der Waals surface area contributed by atoms with Gasteiger partial charge in [0.15, 0.2) is 0 Å². The topological polar surface area (TPSA) is 57.6 Å². The van der Waals surface area contributed by atoms with Gasteiger partial charge in [-0.05, 0) is 56.4 Å². The van der Waals surface area contributed by atoms with Gasteiger partial charge in [-0.15, -0.1) is 0 Å². The third-order valence-electron chi connectivity index (χ3n) is 6.08. The van der Waals surface area contributed by atoms with E-state index in [4.69, 9.17) is 0 Å². The Morgan fingerprint density at radius 2 is 0.865 bits per heavy atom. The standard InChI is InChI=1S/C30H33NO3P2S/c32-37(33,34)24-14-13-23-31(25-35(27-15-5-1-6-16-27)28-17-7-2-8-18-28)26-36(29-19-9-3-10-20-29)30-21-11-4-12-22-30/h1-12,15-22H,13-14,23-26H2,(H,32,33,34). The second kappa shape index (κ2) is 14.0. The van der Waals surface area contributed by atoms with Gasteiger partial charge >= 0.3 is 0 Å². The largest absolute Gasteiger partial charge is 0.294 e. The summed E-state index contributed by atoms with van der Waals surface area (Å²) in [6.07, 6.45) is 2.92. The van der Waals surface area contributed by atoms with Gasteiger partial charge in [0.25, 0.3) is 10.1 Å². The van der Waals surface area contributed by atoms with Gasteiger partial charge in [0, 0.05) is 12.6 Å². The summed E-state index contributed by atoms with van der Waals surface area (Å²) in [6, 6.07) is 42.8. The third-order valence-corrected chi connectivity index (χ3v) is 11.9. The van der Waals surface area contributed by atoms with E-state index in [0.717, 1.165) is 19.1 Å². The minimum atomic E-state index is -3.95. The van der Waals surface area contributed by atoms with E-state index in [-0.39, 0.29) is 5.75 Å². The van der Waals surface area contributed by atoms with Crippen molar-refractivity contribution in [2.75, 3.05) is 24.9 Å². The molecule has 7 heteroatoms. The van der Waals surface area contributed by atoms with Crippen LogP contribution in [0.4, 0.5) is 0 Å². The highest BCUT2D eigenvalue weighted by atomic mass is 32.2. The van der Waals surface area contributed by atoms with Crippen molar-refractivity contribution in [2.45, 2.75) is 12.8 Å². The molecule has 0 bridgehead atoms. The zero-order chi connectivity index (χ0) is 25.9. The van der Waals surface area contributed by atoms with Gasteiger partial charge in [0.2, 0.25) is 0 Å². The van der Waals surface area contributed by atoms with Crippen molar-refractivity contribution < 1.29 is 13.0 Å². The molecule has 37 heavy (non-hydrogen) atoms. The number of benzene rings is 4. The third kappa shape index (κ3) is 8.85. The zero-order valence-corrected chi connectivity index (χ0v) is 23.4. The van der Waals surface area contributed by atoms with Crippen LogP contribution in [-0.2, 0) is 10.1 Å². The Balaban J connectivity index is 1.64. The summed E-state index contributed by atoms with van der Waals surface area (Å²) in [7, 11) is -5.22. The first-order valence-electron chi connectivity index (χ1n) is 12.4. The molecular formula is C30H33NO3P2S. The fourth-order valence-corrected chi connectivity index (χ4v) is 9.65. The van der Waals surface area contributed by atoms with Gasteiger partial charge in [0.1, 0.15) is 0 Å². The summed E-state index contributed by atoms with van der Waals surface area (Å²) in [4.78, 5) is 2.52. The highest BCUT2D eigenvalue weighted by Crippen LogP contribution is 2.39. The predicted octanol–water partition coefficient (Wildman–Crippen LogP) is 5.14. The lowest BCUT2D eigenvalue weighted by Crippen LogP contribution is -2.33. The molecule has 0 fully saturated rings. The molecule has 0 aliphatic carbocycles. The lowest BCUT2D eigenvalue weighted by atomic mass is 10.3. The van der Waals surface area contributed by atoms with E-state index in [1.165, 1.54) is 21.2 Å². The molecule has 4 aromatic rings. The van der Waals surface area contributed by atoms with Crippen molar-refractivity contribution in [1.29, 1.82) is 0 Å². The number of hydrogen-bond donors (Lipinski definition) is 1. The highest BCUT2D eigenvalue weighted by Gasteiger charge is 2.22. The second-order valence-corrected chi connectivity index (χ2v) is 14.8. The van der Waals surface area contributed by atoms with Crippen molar-refractivity contribution in [2.24, 2.45) is 0 Å². The first-order valence-corrected chi connectivity index (χ1v) is 17.1. The van der Waals surface area contributed by atoms with Gasteiger partial charge in [-0.3, -0.25) is 9.45 Å². The molecular weight excluding hydrogens is 516 g/mol. The lowest BCUT2D eigenvalue weighted by molar-refractivity contribution is 0.364. The first kappa shape index (κ1) is 27.6. The van der Waals surface area contributed by atoms with Gasteiger partial charge < -0.3 is 0 Å². The molecule has 0 aliphatic rings. The molecule has 0 aromatic heterocycles. The minimum absolute atomic E-state index is 0.195. The molecule has 0 heterocycles. The Kier molecular flexibility index (Phi) is 10.4. The van der Waals surface area contributed by atoms with Crippen LogP contribution in [0, 0.1) is 0 Å². The smallest absolute Gasteiger partial charge is 0.264 e. The van der Waals surface area contributed by atoms with Gasteiger partial charge in [-0.1, -0.05) is 121 Å². The zero-order valence-electron chi connectivity index (χ0n) is 20.8. The van der Waals surface area contributed by atoms with Crippen molar-refractivity contribution in [1.82, 2.24) is 4.90 Å². The van der Waals surface area contributed by atoms with E-state index in [9.17, 15) is 13.0 Å². The van der Waals surface area contributed by atoms with Crippen LogP contribution in [0.2, 0.25) is 0 Å². The van der Waals surface area contributed by atoms with Crippen molar-refractivity contribution >= 4 is 47.2 Å². The van der Waals surface area contributed by atoms with Crippen LogP contribution in [0.15, 0.2) is 121 Å². The van der Waals surface area contributed by atoms with Gasteiger partial charge in [-0.2, -0.15) is 8.42 Å². The summed E-state index contributed by atoms with van der Waals surface area (Å²) >= 11 is 0. The fourth-order valence-electron chi connectivity index (χ4n) is 4.26. The van der Waals surface area contributed by atoms with Crippen LogP contribution < -0.4 is 21.2 Å². The van der Waals surface area contributed by atoms with E-state index in [1.807, 2.05) is 0 Å². The second-order valence-electron chi connectivity index (χ2n) is 8.87. The number of unbranched alkanes of at least 4 members (excludes halogenated alkanes) is 1. The maximum absolute atomic E-state index is 11.3. The molecule has 0 saturated heterocycles. The van der Waals surface area contributed by atoms with E-state index in [0.29, 0.717) is 12.8 Å². The van der Waals surface area contributed by atoms with Crippen LogP contribution in [0.5, 0.6) is 0 Å². The normalized spacial score (nSPS) is 11.9. The molecule has 4 rings (SSSR count). The maximum atomic E-state index is 11.3. The highest BCUT2D eigenvalue weighted by molar-refractivity contribution is 7.85. The Bertz CT molecular complexity index is 1140. The molecule has 0 radical (unpaired) electrons. The molecule has 0 saturated carbocycles. The van der Waals surface area contributed by atoms with E-state index < -0.39 is 26.0 Å². The molecule has 0 aliphatic heterocycles. The van der Waals surface area contributed by atoms with Crippen molar-refractivity contribution in [3.63, 3.8) is 0 Å². The Hall–Kier alpha value is -2.39. The van der Waals surface area contributed by atoms with Crippen LogP contribution >= 0.6 is 15.8 Å². The predicted molar refractivity (Wildman–Crippen MR) is 160 cm³/mol. The molecule has 0 amide bonds. The average Bonchev–Trinajstić information content (AvgIpc) is 2.93. The number of rotatable bonds is 13. The summed E-state index contributed by atoms with van der Waals surface area (Å²) in [6.45, 7) is 0.770. The first-order chi connectivity index (χ1) is 18.0. The summed E-state index contributed by atoms with van der Waals surface area (Å²) < 4.78 is 31.9. The summed E-state index contributed by atoms with van der Waals surface area (Å²) in [5, 5.41) is 5.32. The van der Waals surface area contributed by atoms with Gasteiger partial charge in [0.05, 0.1) is 5.75 Å². The number of nitrogens with zero attached hydrogens (tertiary/aromatic N) is 1. The minimum Gasteiger partial charge on any atom is -0.294 e. The molecule has 0 spiro atoms. The Labute approximate surface area is 223 Å². The Morgan fingerprint density at radius 1 is 0.541 bits per heavy atom. The molecule has 0 unspecified atom stereocenters. The van der Waals surface area contributed by atoms with Crippen LogP contribution in [-0.4, -0.2) is 42.7 Å². The van der Waals surface area contributed by atoms with E-state index >= 15 is 0 Å². The average molecular weight is 550 g/mol. The molecule has 0 atom stereocenters. The van der Waals surface area contributed by atoms with E-state index in [2.05, 4.69) is 126 Å². The lowest BCUT2D eigenvalue weighted by Gasteiger charge is -2.32. The number of hydrogen-bond acceptors (Lipinski definition) is 3. The fraction of sp³-hybridized carbons (Fsp3) is 0.200. The Morgan fingerprint density at radius 3 is 1.16 bits per heavy atom. The van der Waals surface area contributed by atoms with Crippen LogP contribution in [0.1, 0.15) is 12.8 Å². The van der Waals surface area contributed by atoms with Crippen LogP contribution in [0.25, 0.3) is 0 Å². The quantitative estimate of drug-likeness (QED) is 0.143. The van der Waals surface area contributed by atoms with Gasteiger partial charge in [-0.25, -0.2) is 0 Å². The van der Waals surface area contributed by atoms with E-state index in [1.54, 1.807) is 0 Å². The van der Waals surface area contributed by atoms with Crippen LogP contribution in [0.3, 0.4) is 0 Å². The summed E-state index contributed by atoms with van der Waals surface area (Å²) in [5.41, 5.74) is 0. The molecule has 4 aromatic carbocycles. The molecule has 1 N–H and O–H groups in total.